The van der Waals surface area contributed by atoms with Crippen molar-refractivity contribution >= 4 is 5.97 Å². The Morgan fingerprint density at radius 3 is 2.44 bits per heavy atom. The van der Waals surface area contributed by atoms with Crippen LogP contribution in [0.1, 0.15) is 40.0 Å². The van der Waals surface area contributed by atoms with E-state index in [9.17, 15) is 9.90 Å². The molecule has 0 atom stereocenters. The van der Waals surface area contributed by atoms with Gasteiger partial charge in [-0.25, -0.2) is 9.48 Å². The highest BCUT2D eigenvalue weighted by atomic mass is 16.5. The van der Waals surface area contributed by atoms with Crippen LogP contribution in [-0.4, -0.2) is 33.2 Å². The number of aromatic nitrogens is 3. The van der Waals surface area contributed by atoms with E-state index < -0.39 is 5.97 Å². The average molecular weight is 456 g/mol. The lowest BCUT2D eigenvalue weighted by Crippen LogP contribution is -2.06. The summed E-state index contributed by atoms with van der Waals surface area (Å²) in [6, 6.07) is 21.7. The number of aromatic carboxylic acids is 1. The van der Waals surface area contributed by atoms with Gasteiger partial charge < -0.3 is 14.6 Å². The molecule has 172 valence electrons. The van der Waals surface area contributed by atoms with Crippen LogP contribution in [-0.2, 0) is 19.4 Å². The molecule has 0 spiro atoms. The Kier molecular flexibility index (Phi) is 5.99. The van der Waals surface area contributed by atoms with E-state index in [1.807, 2.05) is 48.5 Å². The van der Waals surface area contributed by atoms with Gasteiger partial charge in [0, 0.05) is 0 Å². The third kappa shape index (κ3) is 4.37. The topological polar surface area (TPSA) is 86.5 Å². The van der Waals surface area contributed by atoms with E-state index >= 15 is 0 Å². The number of methoxy groups -OCH3 is 1. The number of nitrogens with zero attached hydrogens (tertiary/aromatic N) is 3. The van der Waals surface area contributed by atoms with Crippen LogP contribution in [0.5, 0.6) is 17.4 Å². The summed E-state index contributed by atoms with van der Waals surface area (Å²) in [6.45, 7) is 0.313. The molecule has 7 nitrogen and oxygen atoms in total. The van der Waals surface area contributed by atoms with Gasteiger partial charge in [-0.3, -0.25) is 0 Å². The molecule has 1 aromatic heterocycles. The van der Waals surface area contributed by atoms with Crippen molar-refractivity contribution in [3.05, 3.63) is 89.1 Å². The Balaban J connectivity index is 1.41. The van der Waals surface area contributed by atoms with Crippen LogP contribution < -0.4 is 9.47 Å². The van der Waals surface area contributed by atoms with Crippen LogP contribution >= 0.6 is 0 Å². The summed E-state index contributed by atoms with van der Waals surface area (Å²) < 4.78 is 12.6. The molecular formula is C27H25N3O4. The fraction of sp³-hybridized carbons (Fsp3) is 0.222. The van der Waals surface area contributed by atoms with Crippen LogP contribution in [0.2, 0.25) is 0 Å². The number of carboxylic acid groups (broad SMARTS) is 1. The third-order valence-electron chi connectivity index (χ3n) is 6.16. The monoisotopic (exact) mass is 455 g/mol. The maximum atomic E-state index is 11.7. The van der Waals surface area contributed by atoms with E-state index in [4.69, 9.17) is 9.47 Å². The van der Waals surface area contributed by atoms with Crippen LogP contribution in [0.3, 0.4) is 0 Å². The second-order valence-corrected chi connectivity index (χ2v) is 8.33. The molecule has 5 rings (SSSR count). The number of aryl methyl sites for hydroxylation is 1. The van der Waals surface area contributed by atoms with E-state index in [2.05, 4.69) is 28.5 Å². The summed E-state index contributed by atoms with van der Waals surface area (Å²) in [5.74, 6) is 0.163. The van der Waals surface area contributed by atoms with Crippen LogP contribution in [0, 0.1) is 0 Å². The summed E-state index contributed by atoms with van der Waals surface area (Å²) in [6.07, 6.45) is 4.69. The van der Waals surface area contributed by atoms with Crippen molar-refractivity contribution in [1.82, 2.24) is 15.0 Å². The van der Waals surface area contributed by atoms with Crippen molar-refractivity contribution in [2.45, 2.75) is 32.2 Å². The summed E-state index contributed by atoms with van der Waals surface area (Å²) in [4.78, 5) is 11.7. The molecule has 0 saturated heterocycles. The van der Waals surface area contributed by atoms with Crippen molar-refractivity contribution in [2.24, 2.45) is 0 Å². The number of benzene rings is 3. The Hall–Kier alpha value is -4.13. The van der Waals surface area contributed by atoms with Gasteiger partial charge in [0.25, 0.3) is 5.88 Å². The Bertz CT molecular complexity index is 1310. The van der Waals surface area contributed by atoms with Gasteiger partial charge in [-0.1, -0.05) is 47.7 Å². The van der Waals surface area contributed by atoms with E-state index in [1.54, 1.807) is 7.11 Å². The highest BCUT2D eigenvalue weighted by molar-refractivity contribution is 5.87. The molecule has 3 aromatic carbocycles. The van der Waals surface area contributed by atoms with Gasteiger partial charge in [0.15, 0.2) is 0 Å². The number of hydrogen-bond acceptors (Lipinski definition) is 5. The minimum Gasteiger partial charge on any atom is -0.497 e. The zero-order chi connectivity index (χ0) is 23.5. The lowest BCUT2D eigenvalue weighted by Gasteiger charge is -2.19. The van der Waals surface area contributed by atoms with Crippen LogP contribution in [0.15, 0.2) is 66.7 Å². The quantitative estimate of drug-likeness (QED) is 0.403. The van der Waals surface area contributed by atoms with E-state index in [1.165, 1.54) is 34.2 Å². The second kappa shape index (κ2) is 9.39. The smallest absolute Gasteiger partial charge is 0.362 e. The Morgan fingerprint density at radius 2 is 1.71 bits per heavy atom. The molecule has 1 heterocycles. The lowest BCUT2D eigenvalue weighted by molar-refractivity contribution is 0.0687. The summed E-state index contributed by atoms with van der Waals surface area (Å²) in [5.41, 5.74) is 5.92. The summed E-state index contributed by atoms with van der Waals surface area (Å²) in [5, 5.41) is 17.4. The molecule has 0 amide bonds. The maximum absolute atomic E-state index is 11.7. The second-order valence-electron chi connectivity index (χ2n) is 8.33. The predicted octanol–water partition coefficient (Wildman–Crippen LogP) is 5.37. The van der Waals surface area contributed by atoms with Crippen molar-refractivity contribution in [3.8, 4) is 28.5 Å². The minimum atomic E-state index is -1.19. The normalized spacial score (nSPS) is 12.7. The molecule has 0 fully saturated rings. The molecule has 1 aliphatic rings. The first kappa shape index (κ1) is 21.7. The van der Waals surface area contributed by atoms with Gasteiger partial charge in [-0.15, -0.1) is 5.10 Å². The molecule has 1 N–H and O–H groups in total. The molecule has 0 saturated carbocycles. The van der Waals surface area contributed by atoms with Crippen molar-refractivity contribution < 1.29 is 19.4 Å². The number of carboxylic acids is 1. The number of fused-ring (bicyclic) bond motifs is 1. The number of hydrogen-bond donors (Lipinski definition) is 1. The first-order chi connectivity index (χ1) is 16.6. The van der Waals surface area contributed by atoms with Gasteiger partial charge >= 0.3 is 5.97 Å². The Morgan fingerprint density at radius 1 is 0.971 bits per heavy atom. The average Bonchev–Trinajstić information content (AvgIpc) is 3.27. The zero-order valence-corrected chi connectivity index (χ0v) is 18.9. The molecule has 1 aliphatic carbocycles. The number of ether oxygens (including phenoxy) is 2. The van der Waals surface area contributed by atoms with E-state index in [0.717, 1.165) is 29.7 Å². The van der Waals surface area contributed by atoms with Gasteiger partial charge in [-0.05, 0) is 77.8 Å². The van der Waals surface area contributed by atoms with Crippen LogP contribution in [0.4, 0.5) is 0 Å². The maximum Gasteiger partial charge on any atom is 0.362 e. The first-order valence-corrected chi connectivity index (χ1v) is 11.3. The fourth-order valence-electron chi connectivity index (χ4n) is 4.41. The highest BCUT2D eigenvalue weighted by Gasteiger charge is 2.22. The van der Waals surface area contributed by atoms with Crippen LogP contribution in [0.25, 0.3) is 11.1 Å². The van der Waals surface area contributed by atoms with Gasteiger partial charge in [0.2, 0.25) is 5.69 Å². The summed E-state index contributed by atoms with van der Waals surface area (Å²) >= 11 is 0. The van der Waals surface area contributed by atoms with Gasteiger partial charge in [0.1, 0.15) is 11.5 Å². The largest absolute Gasteiger partial charge is 0.497 e. The zero-order valence-electron chi connectivity index (χ0n) is 18.9. The molecular weight excluding hydrogens is 430 g/mol. The molecule has 0 aliphatic heterocycles. The molecule has 0 radical (unpaired) electrons. The molecule has 34 heavy (non-hydrogen) atoms. The fourth-order valence-corrected chi connectivity index (χ4v) is 4.41. The first-order valence-electron chi connectivity index (χ1n) is 11.3. The molecule has 7 heteroatoms. The van der Waals surface area contributed by atoms with Crippen molar-refractivity contribution in [2.75, 3.05) is 7.11 Å². The molecule has 0 unspecified atom stereocenters. The summed E-state index contributed by atoms with van der Waals surface area (Å²) in [7, 11) is 1.61. The third-order valence-corrected chi connectivity index (χ3v) is 6.16. The van der Waals surface area contributed by atoms with Crippen molar-refractivity contribution in [1.29, 1.82) is 0 Å². The predicted molar refractivity (Wildman–Crippen MR) is 128 cm³/mol. The lowest BCUT2D eigenvalue weighted by atomic mass is 9.86. The van der Waals surface area contributed by atoms with Gasteiger partial charge in [0.05, 0.1) is 13.7 Å². The standard InChI is InChI=1S/C27H25N3O4/c1-33-21-13-9-18(10-14-21)17-30-26(25(27(31)32)28-29-30)34-22-15-11-20(12-16-22)24-8-4-6-19-5-2-3-7-23(19)24/h4,6,8-16H,2-3,5,7,17H2,1H3,(H,31,32). The highest BCUT2D eigenvalue weighted by Crippen LogP contribution is 2.33. The number of carbonyl (C=O) groups is 1. The minimum absolute atomic E-state index is 0.0909. The SMILES string of the molecule is COc1ccc(Cn2nnc(C(=O)O)c2Oc2ccc(-c3cccc4c3CCCC4)cc2)cc1. The number of rotatable bonds is 7. The van der Waals surface area contributed by atoms with E-state index in [-0.39, 0.29) is 11.6 Å². The molecule has 4 aromatic rings. The van der Waals surface area contributed by atoms with Gasteiger partial charge in [-0.2, -0.15) is 0 Å². The van der Waals surface area contributed by atoms with Crippen molar-refractivity contribution in [3.63, 3.8) is 0 Å². The molecule has 0 bridgehead atoms. The Labute approximate surface area is 197 Å². The van der Waals surface area contributed by atoms with E-state index in [0.29, 0.717) is 12.3 Å².